The topological polar surface area (TPSA) is 87.8 Å². The SMILES string of the molecule is Cc1ccc(NC(N)=NCCS(=O)(=O)N2CCSCC2)cc1.I. The average Bonchev–Trinajstić information content (AvgIpc) is 2.50. The lowest BCUT2D eigenvalue weighted by Gasteiger charge is -2.25. The molecule has 0 aliphatic carbocycles. The Morgan fingerprint density at radius 2 is 1.91 bits per heavy atom. The first kappa shape index (κ1) is 20.5. The van der Waals surface area contributed by atoms with Crippen molar-refractivity contribution in [1.82, 2.24) is 4.31 Å². The largest absolute Gasteiger partial charge is 0.370 e. The Kier molecular flexibility index (Phi) is 8.65. The highest BCUT2D eigenvalue weighted by molar-refractivity contribution is 14.0. The number of halogens is 1. The van der Waals surface area contributed by atoms with Gasteiger partial charge in [0.25, 0.3) is 0 Å². The molecule has 3 N–H and O–H groups in total. The van der Waals surface area contributed by atoms with Crippen LogP contribution in [-0.4, -0.2) is 55.6 Å². The van der Waals surface area contributed by atoms with Gasteiger partial charge in [-0.15, -0.1) is 24.0 Å². The van der Waals surface area contributed by atoms with Gasteiger partial charge in [0.1, 0.15) is 0 Å². The molecule has 1 saturated heterocycles. The molecule has 1 heterocycles. The number of rotatable bonds is 5. The van der Waals surface area contributed by atoms with E-state index in [2.05, 4.69) is 10.3 Å². The van der Waals surface area contributed by atoms with Crippen molar-refractivity contribution in [3.05, 3.63) is 29.8 Å². The zero-order chi connectivity index (χ0) is 16.0. The zero-order valence-electron chi connectivity index (χ0n) is 13.1. The fourth-order valence-corrected chi connectivity index (χ4v) is 4.51. The number of hydrogen-bond donors (Lipinski definition) is 2. The van der Waals surface area contributed by atoms with E-state index in [0.717, 1.165) is 22.8 Å². The van der Waals surface area contributed by atoms with Crippen LogP contribution in [0, 0.1) is 6.92 Å². The molecule has 1 aromatic rings. The van der Waals surface area contributed by atoms with Crippen LogP contribution in [0.1, 0.15) is 5.56 Å². The second-order valence-corrected chi connectivity index (χ2v) is 8.40. The minimum Gasteiger partial charge on any atom is -0.370 e. The van der Waals surface area contributed by atoms with E-state index < -0.39 is 10.0 Å². The summed E-state index contributed by atoms with van der Waals surface area (Å²) in [5.74, 6) is 1.95. The summed E-state index contributed by atoms with van der Waals surface area (Å²) in [6.45, 7) is 3.35. The lowest BCUT2D eigenvalue weighted by Crippen LogP contribution is -2.40. The van der Waals surface area contributed by atoms with E-state index in [1.54, 1.807) is 16.1 Å². The summed E-state index contributed by atoms with van der Waals surface area (Å²) in [5.41, 5.74) is 7.77. The second kappa shape index (κ2) is 9.70. The summed E-state index contributed by atoms with van der Waals surface area (Å²) < 4.78 is 25.8. The van der Waals surface area contributed by atoms with Crippen molar-refractivity contribution in [2.75, 3.05) is 42.2 Å². The van der Waals surface area contributed by atoms with Crippen molar-refractivity contribution in [3.8, 4) is 0 Å². The molecule has 0 bridgehead atoms. The molecule has 2 rings (SSSR count). The Bertz CT molecular complexity index is 614. The van der Waals surface area contributed by atoms with Gasteiger partial charge in [0.15, 0.2) is 5.96 Å². The Balaban J connectivity index is 0.00000264. The molecule has 9 heteroatoms. The molecule has 1 fully saturated rings. The van der Waals surface area contributed by atoms with Gasteiger partial charge in [0, 0.05) is 30.3 Å². The molecule has 1 aromatic carbocycles. The molecule has 0 spiro atoms. The Morgan fingerprint density at radius 1 is 1.30 bits per heavy atom. The predicted octanol–water partition coefficient (Wildman–Crippen LogP) is 1.72. The van der Waals surface area contributed by atoms with Crippen molar-refractivity contribution < 1.29 is 8.42 Å². The first-order chi connectivity index (χ1) is 10.5. The van der Waals surface area contributed by atoms with Crippen LogP contribution in [0.25, 0.3) is 0 Å². The van der Waals surface area contributed by atoms with E-state index in [-0.39, 0.29) is 42.2 Å². The van der Waals surface area contributed by atoms with E-state index >= 15 is 0 Å². The third-order valence-corrected chi connectivity index (χ3v) is 6.11. The molecular formula is C14H23IN4O2S2. The molecule has 0 atom stereocenters. The monoisotopic (exact) mass is 470 g/mol. The van der Waals surface area contributed by atoms with Gasteiger partial charge >= 0.3 is 0 Å². The number of guanidine groups is 1. The molecule has 0 radical (unpaired) electrons. The highest BCUT2D eigenvalue weighted by Gasteiger charge is 2.23. The van der Waals surface area contributed by atoms with Crippen molar-refractivity contribution in [3.63, 3.8) is 0 Å². The summed E-state index contributed by atoms with van der Waals surface area (Å²) in [6.07, 6.45) is 0. The smallest absolute Gasteiger partial charge is 0.215 e. The first-order valence-corrected chi connectivity index (χ1v) is 9.93. The van der Waals surface area contributed by atoms with Crippen LogP contribution in [-0.2, 0) is 10.0 Å². The fourth-order valence-electron chi connectivity index (χ4n) is 2.06. The number of aliphatic imine (C=N–C) groups is 1. The molecule has 0 saturated carbocycles. The number of nitrogens with two attached hydrogens (primary N) is 1. The maximum atomic E-state index is 12.1. The maximum Gasteiger partial charge on any atom is 0.215 e. The quantitative estimate of drug-likeness (QED) is 0.389. The molecule has 23 heavy (non-hydrogen) atoms. The van der Waals surface area contributed by atoms with Crippen LogP contribution in [0.15, 0.2) is 29.3 Å². The van der Waals surface area contributed by atoms with Crippen LogP contribution < -0.4 is 11.1 Å². The molecule has 0 amide bonds. The highest BCUT2D eigenvalue weighted by Crippen LogP contribution is 2.13. The molecule has 1 aliphatic heterocycles. The van der Waals surface area contributed by atoms with Gasteiger partial charge < -0.3 is 11.1 Å². The van der Waals surface area contributed by atoms with Gasteiger partial charge in [0.05, 0.1) is 12.3 Å². The summed E-state index contributed by atoms with van der Waals surface area (Å²) in [7, 11) is -3.23. The number of aryl methyl sites for hydroxylation is 1. The standard InChI is InChI=1S/C14H22N4O2S2.HI/c1-12-2-4-13(5-3-12)17-14(15)16-6-11-22(19,20)18-7-9-21-10-8-18;/h2-5H,6-11H2,1H3,(H3,15,16,17);1H. The van der Waals surface area contributed by atoms with Crippen LogP contribution in [0.2, 0.25) is 0 Å². The minimum atomic E-state index is -3.23. The van der Waals surface area contributed by atoms with E-state index in [1.807, 2.05) is 31.2 Å². The molecule has 130 valence electrons. The fraction of sp³-hybridized carbons (Fsp3) is 0.500. The van der Waals surface area contributed by atoms with Crippen LogP contribution in [0.3, 0.4) is 0 Å². The third-order valence-electron chi connectivity index (χ3n) is 3.32. The summed E-state index contributed by atoms with van der Waals surface area (Å²) in [6, 6.07) is 7.74. The molecule has 1 aliphatic rings. The lowest BCUT2D eigenvalue weighted by molar-refractivity contribution is 0.444. The van der Waals surface area contributed by atoms with Gasteiger partial charge in [0.2, 0.25) is 10.0 Å². The van der Waals surface area contributed by atoms with E-state index in [4.69, 9.17) is 5.73 Å². The van der Waals surface area contributed by atoms with Crippen molar-refractivity contribution in [2.45, 2.75) is 6.92 Å². The van der Waals surface area contributed by atoms with Crippen molar-refractivity contribution in [2.24, 2.45) is 10.7 Å². The number of benzene rings is 1. The predicted molar refractivity (Wildman–Crippen MR) is 109 cm³/mol. The minimum absolute atomic E-state index is 0. The van der Waals surface area contributed by atoms with Gasteiger partial charge in [-0.1, -0.05) is 17.7 Å². The van der Waals surface area contributed by atoms with Gasteiger partial charge in [-0.3, -0.25) is 4.99 Å². The van der Waals surface area contributed by atoms with Crippen LogP contribution in [0.5, 0.6) is 0 Å². The number of anilines is 1. The van der Waals surface area contributed by atoms with E-state index in [0.29, 0.717) is 13.1 Å². The highest BCUT2D eigenvalue weighted by atomic mass is 127. The van der Waals surface area contributed by atoms with Crippen LogP contribution in [0.4, 0.5) is 5.69 Å². The zero-order valence-corrected chi connectivity index (χ0v) is 17.0. The average molecular weight is 470 g/mol. The molecular weight excluding hydrogens is 447 g/mol. The number of hydrogen-bond acceptors (Lipinski definition) is 4. The van der Waals surface area contributed by atoms with Gasteiger partial charge in [-0.25, -0.2) is 12.7 Å². The van der Waals surface area contributed by atoms with Crippen molar-refractivity contribution >= 4 is 57.4 Å². The molecule has 0 aromatic heterocycles. The van der Waals surface area contributed by atoms with Crippen LogP contribution >= 0.6 is 35.7 Å². The van der Waals surface area contributed by atoms with E-state index in [1.165, 1.54) is 0 Å². The van der Waals surface area contributed by atoms with Crippen molar-refractivity contribution in [1.29, 1.82) is 0 Å². The number of nitrogens with one attached hydrogen (secondary N) is 1. The number of sulfonamides is 1. The van der Waals surface area contributed by atoms with Gasteiger partial charge in [-0.2, -0.15) is 11.8 Å². The molecule has 6 nitrogen and oxygen atoms in total. The Labute approximate surface area is 159 Å². The van der Waals surface area contributed by atoms with E-state index in [9.17, 15) is 8.42 Å². The summed E-state index contributed by atoms with van der Waals surface area (Å²) >= 11 is 1.78. The number of nitrogens with zero attached hydrogens (tertiary/aromatic N) is 2. The first-order valence-electron chi connectivity index (χ1n) is 7.16. The third kappa shape index (κ3) is 6.86. The summed E-state index contributed by atoms with van der Waals surface area (Å²) in [5, 5.41) is 2.95. The number of thioether (sulfide) groups is 1. The van der Waals surface area contributed by atoms with Gasteiger partial charge in [-0.05, 0) is 19.1 Å². The lowest BCUT2D eigenvalue weighted by atomic mass is 10.2. The Morgan fingerprint density at radius 3 is 2.52 bits per heavy atom. The second-order valence-electron chi connectivity index (χ2n) is 5.09. The Hall–Kier alpha value is -0.520. The maximum absolute atomic E-state index is 12.1. The molecule has 0 unspecified atom stereocenters. The summed E-state index contributed by atoms with van der Waals surface area (Å²) in [4.78, 5) is 4.09. The normalized spacial score (nSPS) is 16.7.